The highest BCUT2D eigenvalue weighted by molar-refractivity contribution is 9.72. The zero-order valence-electron chi connectivity index (χ0n) is 7.32. The van der Waals surface area contributed by atoms with E-state index < -0.39 is 3.93 Å². The molecule has 0 heterocycles. The first-order chi connectivity index (χ1) is 5.56. The van der Waals surface area contributed by atoms with E-state index in [0.29, 0.717) is 0 Å². The van der Waals surface area contributed by atoms with E-state index in [-0.39, 0.29) is 0 Å². The Hall–Kier alpha value is 1.40. The lowest BCUT2D eigenvalue weighted by molar-refractivity contribution is 0.674. The predicted molar refractivity (Wildman–Crippen MR) is 70.4 cm³/mol. The molecule has 0 N–H and O–H groups in total. The number of hydrogen-bond acceptors (Lipinski definition) is 0. The second-order valence-corrected chi connectivity index (χ2v) is 25.0. The molecule has 0 unspecified atom stereocenters. The van der Waals surface area contributed by atoms with E-state index in [1.54, 1.807) is 0 Å². The fourth-order valence-electron chi connectivity index (χ4n) is 0.906. The molecule has 0 saturated heterocycles. The largest absolute Gasteiger partial charge is 0.290 e. The van der Waals surface area contributed by atoms with Gasteiger partial charge in [-0.3, -0.25) is 0 Å². The van der Waals surface area contributed by atoms with E-state index in [9.17, 15) is 0 Å². The monoisotopic (exact) mass is 376 g/mol. The molecule has 0 aliphatic rings. The van der Waals surface area contributed by atoms with Crippen LogP contribution < -0.4 is 0 Å². The van der Waals surface area contributed by atoms with Crippen LogP contribution in [0.4, 0.5) is 0 Å². The van der Waals surface area contributed by atoms with Gasteiger partial charge in [0.25, 0.3) is 3.93 Å². The van der Waals surface area contributed by atoms with Crippen molar-refractivity contribution in [2.45, 2.75) is 39.0 Å². The molecule has 0 saturated carbocycles. The number of unbranched alkanes of at least 4 members (excludes halogenated alkanes) is 4. The molecule has 72 valence electrons. The molecule has 4 heteroatoms. The highest BCUT2D eigenvalue weighted by Gasteiger charge is 2.15. The average Bonchev–Trinajstić information content (AvgIpc) is 1.94. The van der Waals surface area contributed by atoms with Gasteiger partial charge in [-0.15, -0.1) is 0 Å². The van der Waals surface area contributed by atoms with Gasteiger partial charge in [0, 0.05) is 0 Å². The maximum atomic E-state index is 3.55. The van der Waals surface area contributed by atoms with Crippen LogP contribution in [0.15, 0.2) is 11.8 Å². The van der Waals surface area contributed by atoms with E-state index in [0.717, 1.165) is 0 Å². The maximum Gasteiger partial charge on any atom is 0.290 e. The van der Waals surface area contributed by atoms with E-state index in [1.807, 2.05) is 0 Å². The van der Waals surface area contributed by atoms with Gasteiger partial charge in [0.05, 0.1) is 0 Å². The third kappa shape index (κ3) is 11.4. The third-order valence-corrected chi connectivity index (χ3v) is 4.52. The minimum atomic E-state index is -1.47. The first-order valence-corrected chi connectivity index (χ1v) is 13.2. The summed E-state index contributed by atoms with van der Waals surface area (Å²) in [5.74, 6) is 0. The van der Waals surface area contributed by atoms with Gasteiger partial charge >= 0.3 is 0 Å². The Kier molecular flexibility index (Phi) is 8.67. The van der Waals surface area contributed by atoms with Crippen LogP contribution in [0, 0.1) is 0 Å². The van der Waals surface area contributed by atoms with Crippen molar-refractivity contribution in [1.29, 1.82) is 0 Å². The first kappa shape index (κ1) is 13.4. The van der Waals surface area contributed by atoms with Crippen LogP contribution in [-0.2, 0) is 0 Å². The number of allylic oxidation sites excluding steroid dienone is 1. The third-order valence-electron chi connectivity index (χ3n) is 1.53. The lowest BCUT2D eigenvalue weighted by atomic mass is 10.2. The Morgan fingerprint density at radius 2 is 1.75 bits per heavy atom. The average molecular weight is 379 g/mol. The molecular formula is C8H15Br3Si. The van der Waals surface area contributed by atoms with E-state index >= 15 is 0 Å². The van der Waals surface area contributed by atoms with Crippen LogP contribution in [0.5, 0.6) is 0 Å². The first-order valence-electron chi connectivity index (χ1n) is 4.30. The summed E-state index contributed by atoms with van der Waals surface area (Å²) in [6.45, 7) is 2.24. The molecule has 0 aliphatic heterocycles. The number of halogens is 3. The summed E-state index contributed by atoms with van der Waals surface area (Å²) in [5, 5.41) is 0. The van der Waals surface area contributed by atoms with Crippen LogP contribution in [0.3, 0.4) is 0 Å². The molecule has 0 atom stereocenters. The van der Waals surface area contributed by atoms with E-state index in [1.165, 1.54) is 32.1 Å². The Labute approximate surface area is 99.9 Å². The van der Waals surface area contributed by atoms with Crippen LogP contribution in [0.2, 0.25) is 0 Å². The van der Waals surface area contributed by atoms with Gasteiger partial charge in [-0.05, 0) is 12.8 Å². The molecule has 0 amide bonds. The summed E-state index contributed by atoms with van der Waals surface area (Å²) < 4.78 is -1.47. The van der Waals surface area contributed by atoms with Crippen molar-refractivity contribution >= 4 is 49.8 Å². The quantitative estimate of drug-likeness (QED) is 0.339. The second-order valence-electron chi connectivity index (χ2n) is 2.79. The summed E-state index contributed by atoms with van der Waals surface area (Å²) in [4.78, 5) is 0. The van der Waals surface area contributed by atoms with Crippen LogP contribution in [-0.4, -0.2) is 3.93 Å². The van der Waals surface area contributed by atoms with Gasteiger partial charge < -0.3 is 0 Å². The van der Waals surface area contributed by atoms with Crippen molar-refractivity contribution in [1.82, 2.24) is 0 Å². The summed E-state index contributed by atoms with van der Waals surface area (Å²) >= 11 is 10.6. The molecule has 0 aromatic carbocycles. The molecule has 0 bridgehead atoms. The Bertz CT molecular complexity index is 129. The van der Waals surface area contributed by atoms with Gasteiger partial charge in [0.15, 0.2) is 0 Å². The summed E-state index contributed by atoms with van der Waals surface area (Å²) in [5.41, 5.74) is 2.21. The fourth-order valence-corrected chi connectivity index (χ4v) is 3.02. The van der Waals surface area contributed by atoms with E-state index in [2.05, 4.69) is 64.6 Å². The molecule has 12 heavy (non-hydrogen) atoms. The normalized spacial score (nSPS) is 12.7. The van der Waals surface area contributed by atoms with Gasteiger partial charge in [-0.2, -0.15) is 0 Å². The van der Waals surface area contributed by atoms with Crippen LogP contribution in [0.25, 0.3) is 0 Å². The van der Waals surface area contributed by atoms with Crippen molar-refractivity contribution in [2.75, 3.05) is 0 Å². The van der Waals surface area contributed by atoms with Crippen molar-refractivity contribution in [3.8, 4) is 0 Å². The number of hydrogen-bond donors (Lipinski definition) is 0. The molecule has 0 aromatic heterocycles. The van der Waals surface area contributed by atoms with Gasteiger partial charge in [-0.1, -0.05) is 83.8 Å². The maximum absolute atomic E-state index is 3.55. The minimum absolute atomic E-state index is 1.21. The van der Waals surface area contributed by atoms with Crippen LogP contribution in [0.1, 0.15) is 39.0 Å². The number of rotatable bonds is 6. The standard InChI is InChI=1S/C8H15Br3Si/c1-2-3-4-5-6-7-8-12(9,10)11/h7-8H,2-6H2,1H3. The zero-order valence-corrected chi connectivity index (χ0v) is 13.1. The molecular weight excluding hydrogens is 364 g/mol. The lowest BCUT2D eigenvalue weighted by Crippen LogP contribution is -1.99. The fraction of sp³-hybridized carbons (Fsp3) is 0.750. The summed E-state index contributed by atoms with van der Waals surface area (Å²) in [6, 6.07) is 0. The molecule has 0 nitrogen and oxygen atoms in total. The summed E-state index contributed by atoms with van der Waals surface area (Å²) in [7, 11) is 0. The minimum Gasteiger partial charge on any atom is -0.0916 e. The Balaban J connectivity index is 3.25. The molecule has 0 fully saturated rings. The lowest BCUT2D eigenvalue weighted by Gasteiger charge is -2.00. The van der Waals surface area contributed by atoms with Crippen molar-refractivity contribution in [3.63, 3.8) is 0 Å². The SMILES string of the molecule is CCCCCCC=C[Si](Br)(Br)Br. The molecule has 0 radical (unpaired) electrons. The molecule has 0 spiro atoms. The van der Waals surface area contributed by atoms with Crippen molar-refractivity contribution in [3.05, 3.63) is 11.8 Å². The Morgan fingerprint density at radius 1 is 1.08 bits per heavy atom. The van der Waals surface area contributed by atoms with Gasteiger partial charge in [0.1, 0.15) is 0 Å². The van der Waals surface area contributed by atoms with Crippen molar-refractivity contribution < 1.29 is 0 Å². The Morgan fingerprint density at radius 3 is 2.25 bits per heavy atom. The topological polar surface area (TPSA) is 0 Å². The van der Waals surface area contributed by atoms with Crippen molar-refractivity contribution in [2.24, 2.45) is 0 Å². The van der Waals surface area contributed by atoms with Gasteiger partial charge in [0.2, 0.25) is 0 Å². The van der Waals surface area contributed by atoms with E-state index in [4.69, 9.17) is 0 Å². The second kappa shape index (κ2) is 7.77. The smallest absolute Gasteiger partial charge is 0.0916 e. The van der Waals surface area contributed by atoms with Crippen LogP contribution >= 0.6 is 45.9 Å². The molecule has 0 aromatic rings. The zero-order chi connectivity index (χ0) is 9.45. The molecule has 0 rings (SSSR count). The van der Waals surface area contributed by atoms with Gasteiger partial charge in [-0.25, -0.2) is 0 Å². The molecule has 0 aliphatic carbocycles. The highest BCUT2D eigenvalue weighted by atomic mass is 80.0. The predicted octanol–water partition coefficient (Wildman–Crippen LogP) is 5.18. The highest BCUT2D eigenvalue weighted by Crippen LogP contribution is 2.28. The summed E-state index contributed by atoms with van der Waals surface area (Å²) in [6.07, 6.45) is 8.83.